The highest BCUT2D eigenvalue weighted by Crippen LogP contribution is 2.26. The van der Waals surface area contributed by atoms with Crippen molar-refractivity contribution in [3.05, 3.63) is 11.8 Å². The standard InChI is InChI=1S/C15H23N5O2S2/c1-9(2)7-16-13-18-19-14(24-13)23-8-11(21)17-12-6-10(20-22-12)15(3,4)5/h6,9H,7-8H2,1-5H3,(H,16,18)(H,17,21). The molecule has 9 heteroatoms. The van der Waals surface area contributed by atoms with Crippen molar-refractivity contribution in [1.82, 2.24) is 15.4 Å². The Balaban J connectivity index is 1.80. The summed E-state index contributed by atoms with van der Waals surface area (Å²) in [6.45, 7) is 11.2. The minimum absolute atomic E-state index is 0.118. The highest BCUT2D eigenvalue weighted by atomic mass is 32.2. The lowest BCUT2D eigenvalue weighted by Gasteiger charge is -2.12. The van der Waals surface area contributed by atoms with Crippen molar-refractivity contribution in [1.29, 1.82) is 0 Å². The molecule has 0 aromatic carbocycles. The molecule has 24 heavy (non-hydrogen) atoms. The number of anilines is 2. The molecule has 1 amide bonds. The lowest BCUT2D eigenvalue weighted by Crippen LogP contribution is -2.14. The SMILES string of the molecule is CC(C)CNc1nnc(SCC(=O)Nc2cc(C(C)(C)C)no2)s1. The second kappa shape index (κ2) is 7.98. The maximum Gasteiger partial charge on any atom is 0.237 e. The molecule has 0 aliphatic carbocycles. The van der Waals surface area contributed by atoms with Gasteiger partial charge < -0.3 is 9.84 Å². The van der Waals surface area contributed by atoms with Gasteiger partial charge in [0.05, 0.1) is 11.4 Å². The maximum atomic E-state index is 12.0. The molecule has 0 aliphatic rings. The molecule has 132 valence electrons. The first-order valence-electron chi connectivity index (χ1n) is 7.71. The fourth-order valence-electron chi connectivity index (χ4n) is 1.62. The summed E-state index contributed by atoms with van der Waals surface area (Å²) in [5.74, 6) is 0.978. The van der Waals surface area contributed by atoms with E-state index in [1.54, 1.807) is 6.07 Å². The number of nitrogens with zero attached hydrogens (tertiary/aromatic N) is 3. The Morgan fingerprint density at radius 1 is 1.38 bits per heavy atom. The van der Waals surface area contributed by atoms with Gasteiger partial charge in [-0.3, -0.25) is 10.1 Å². The molecular formula is C15H23N5O2S2. The number of carbonyl (C=O) groups excluding carboxylic acids is 1. The molecule has 2 N–H and O–H groups in total. The van der Waals surface area contributed by atoms with Crippen LogP contribution in [0, 0.1) is 5.92 Å². The van der Waals surface area contributed by atoms with E-state index in [0.717, 1.165) is 21.7 Å². The van der Waals surface area contributed by atoms with Crippen molar-refractivity contribution < 1.29 is 9.32 Å². The van der Waals surface area contributed by atoms with Crippen LogP contribution in [0.1, 0.15) is 40.3 Å². The molecule has 0 radical (unpaired) electrons. The Bertz CT molecular complexity index is 675. The van der Waals surface area contributed by atoms with E-state index in [1.165, 1.54) is 23.1 Å². The predicted molar refractivity (Wildman–Crippen MR) is 97.8 cm³/mol. The summed E-state index contributed by atoms with van der Waals surface area (Å²) in [6, 6.07) is 1.75. The first-order valence-corrected chi connectivity index (χ1v) is 9.51. The topological polar surface area (TPSA) is 92.9 Å². The van der Waals surface area contributed by atoms with E-state index >= 15 is 0 Å². The normalized spacial score (nSPS) is 11.8. The van der Waals surface area contributed by atoms with Crippen LogP contribution < -0.4 is 10.6 Å². The summed E-state index contributed by atoms with van der Waals surface area (Å²) in [5, 5.41) is 18.8. The van der Waals surface area contributed by atoms with E-state index in [9.17, 15) is 4.79 Å². The minimum atomic E-state index is -0.163. The summed E-state index contributed by atoms with van der Waals surface area (Å²) in [5.41, 5.74) is 0.683. The largest absolute Gasteiger partial charge is 0.360 e. The number of thioether (sulfide) groups is 1. The van der Waals surface area contributed by atoms with E-state index in [0.29, 0.717) is 11.8 Å². The average molecular weight is 370 g/mol. The first-order chi connectivity index (χ1) is 11.2. The lowest BCUT2D eigenvalue weighted by atomic mass is 9.92. The van der Waals surface area contributed by atoms with Crippen LogP contribution in [-0.2, 0) is 10.2 Å². The van der Waals surface area contributed by atoms with Crippen LogP contribution in [0.2, 0.25) is 0 Å². The third-order valence-corrected chi connectivity index (χ3v) is 4.95. The Hall–Kier alpha value is -1.61. The van der Waals surface area contributed by atoms with Gasteiger partial charge in [0.15, 0.2) is 4.34 Å². The van der Waals surface area contributed by atoms with Crippen LogP contribution in [0.3, 0.4) is 0 Å². The number of nitrogens with one attached hydrogen (secondary N) is 2. The summed E-state index contributed by atoms with van der Waals surface area (Å²) in [6.07, 6.45) is 0. The summed E-state index contributed by atoms with van der Waals surface area (Å²) >= 11 is 2.79. The van der Waals surface area contributed by atoms with Crippen LogP contribution in [0.4, 0.5) is 11.0 Å². The summed E-state index contributed by atoms with van der Waals surface area (Å²) < 4.78 is 5.90. The number of amides is 1. The fourth-order valence-corrected chi connectivity index (χ4v) is 3.18. The van der Waals surface area contributed by atoms with E-state index in [2.05, 4.69) is 39.8 Å². The van der Waals surface area contributed by atoms with Crippen molar-refractivity contribution in [3.63, 3.8) is 0 Å². The molecule has 0 bridgehead atoms. The van der Waals surface area contributed by atoms with E-state index < -0.39 is 0 Å². The van der Waals surface area contributed by atoms with Crippen molar-refractivity contribution >= 4 is 40.0 Å². The Kier molecular flexibility index (Phi) is 6.22. The van der Waals surface area contributed by atoms with Gasteiger partial charge in [0.1, 0.15) is 0 Å². The van der Waals surface area contributed by atoms with Crippen LogP contribution in [0.15, 0.2) is 14.9 Å². The molecule has 0 fully saturated rings. The minimum Gasteiger partial charge on any atom is -0.360 e. The molecule has 2 aromatic heterocycles. The number of carbonyl (C=O) groups is 1. The molecule has 0 spiro atoms. The molecule has 0 unspecified atom stereocenters. The number of rotatable bonds is 7. The predicted octanol–water partition coefficient (Wildman–Crippen LogP) is 3.62. The monoisotopic (exact) mass is 369 g/mol. The van der Waals surface area contributed by atoms with Crippen LogP contribution >= 0.6 is 23.1 Å². The van der Waals surface area contributed by atoms with Crippen LogP contribution in [0.25, 0.3) is 0 Å². The third-order valence-electron chi connectivity index (χ3n) is 2.94. The van der Waals surface area contributed by atoms with Crippen LogP contribution in [-0.4, -0.2) is 33.6 Å². The Morgan fingerprint density at radius 3 is 2.75 bits per heavy atom. The van der Waals surface area contributed by atoms with Gasteiger partial charge in [0.2, 0.25) is 16.9 Å². The van der Waals surface area contributed by atoms with Gasteiger partial charge in [-0.15, -0.1) is 10.2 Å². The zero-order chi connectivity index (χ0) is 17.7. The van der Waals surface area contributed by atoms with Crippen molar-refractivity contribution in [3.8, 4) is 0 Å². The molecule has 0 saturated carbocycles. The second-order valence-corrected chi connectivity index (χ2v) is 9.01. The molecule has 2 rings (SSSR count). The van der Waals surface area contributed by atoms with Gasteiger partial charge in [-0.25, -0.2) is 0 Å². The van der Waals surface area contributed by atoms with Gasteiger partial charge in [0, 0.05) is 18.0 Å². The zero-order valence-electron chi connectivity index (χ0n) is 14.5. The molecule has 2 heterocycles. The molecular weight excluding hydrogens is 346 g/mol. The maximum absolute atomic E-state index is 12.0. The quantitative estimate of drug-likeness (QED) is 0.720. The first kappa shape index (κ1) is 18.7. The van der Waals surface area contributed by atoms with E-state index in [-0.39, 0.29) is 17.1 Å². The molecule has 2 aromatic rings. The highest BCUT2D eigenvalue weighted by Gasteiger charge is 2.19. The van der Waals surface area contributed by atoms with Gasteiger partial charge in [-0.1, -0.05) is 62.9 Å². The Morgan fingerprint density at radius 2 is 2.12 bits per heavy atom. The average Bonchev–Trinajstić information content (AvgIpc) is 3.11. The van der Waals surface area contributed by atoms with Gasteiger partial charge in [-0.05, 0) is 5.92 Å². The second-order valence-electron chi connectivity index (χ2n) is 6.81. The van der Waals surface area contributed by atoms with Crippen molar-refractivity contribution in [2.24, 2.45) is 5.92 Å². The summed E-state index contributed by atoms with van der Waals surface area (Å²) in [4.78, 5) is 12.0. The van der Waals surface area contributed by atoms with E-state index in [4.69, 9.17) is 4.52 Å². The summed E-state index contributed by atoms with van der Waals surface area (Å²) in [7, 11) is 0. The number of hydrogen-bond acceptors (Lipinski definition) is 8. The molecule has 0 saturated heterocycles. The lowest BCUT2D eigenvalue weighted by molar-refractivity contribution is -0.113. The fraction of sp³-hybridized carbons (Fsp3) is 0.600. The number of aromatic nitrogens is 3. The van der Waals surface area contributed by atoms with Crippen molar-refractivity contribution in [2.45, 2.75) is 44.4 Å². The van der Waals surface area contributed by atoms with E-state index in [1.807, 2.05) is 20.8 Å². The molecule has 0 atom stereocenters. The van der Waals surface area contributed by atoms with Gasteiger partial charge in [-0.2, -0.15) is 0 Å². The van der Waals surface area contributed by atoms with Crippen LogP contribution in [0.5, 0.6) is 0 Å². The smallest absolute Gasteiger partial charge is 0.237 e. The Labute approximate surface area is 150 Å². The molecule has 7 nitrogen and oxygen atoms in total. The van der Waals surface area contributed by atoms with Crippen molar-refractivity contribution in [2.75, 3.05) is 22.9 Å². The number of hydrogen-bond donors (Lipinski definition) is 2. The van der Waals surface area contributed by atoms with Gasteiger partial charge in [0.25, 0.3) is 0 Å². The molecule has 0 aliphatic heterocycles. The van der Waals surface area contributed by atoms with Gasteiger partial charge >= 0.3 is 0 Å². The third kappa shape index (κ3) is 5.79. The zero-order valence-corrected chi connectivity index (χ0v) is 16.2. The highest BCUT2D eigenvalue weighted by molar-refractivity contribution is 8.01.